The maximum Gasteiger partial charge on any atom is 0.255 e. The van der Waals surface area contributed by atoms with Crippen LogP contribution in [0.4, 0.5) is 4.39 Å². The van der Waals surface area contributed by atoms with Crippen molar-refractivity contribution in [3.05, 3.63) is 41.1 Å². The third kappa shape index (κ3) is 4.73. The molecule has 1 aliphatic heterocycles. The van der Waals surface area contributed by atoms with Crippen LogP contribution in [0.5, 0.6) is 5.75 Å². The van der Waals surface area contributed by atoms with Crippen molar-refractivity contribution in [2.45, 2.75) is 59.6 Å². The normalized spacial score (nSPS) is 19.6. The first-order valence-electron chi connectivity index (χ1n) is 13.0. The first kappa shape index (κ1) is 26.1. The number of rotatable bonds is 7. The Bertz CT molecular complexity index is 1410. The minimum Gasteiger partial charge on any atom is -0.492 e. The Morgan fingerprint density at radius 1 is 1.29 bits per heavy atom. The summed E-state index contributed by atoms with van der Waals surface area (Å²) in [5.41, 5.74) is 2.38. The van der Waals surface area contributed by atoms with E-state index in [-0.39, 0.29) is 23.4 Å². The number of benzene rings is 1. The number of nitrogens with one attached hydrogen (secondary N) is 2. The van der Waals surface area contributed by atoms with Crippen molar-refractivity contribution >= 4 is 22.8 Å². The van der Waals surface area contributed by atoms with Crippen molar-refractivity contribution in [2.24, 2.45) is 11.3 Å². The van der Waals surface area contributed by atoms with Crippen molar-refractivity contribution < 1.29 is 23.8 Å². The molecule has 0 bridgehead atoms. The summed E-state index contributed by atoms with van der Waals surface area (Å²) in [5.74, 6) is -0.235. The van der Waals surface area contributed by atoms with Crippen LogP contribution in [0.25, 0.3) is 22.3 Å². The van der Waals surface area contributed by atoms with E-state index >= 15 is 4.39 Å². The summed E-state index contributed by atoms with van der Waals surface area (Å²) in [6.07, 6.45) is 2.44. The van der Waals surface area contributed by atoms with E-state index in [1.807, 2.05) is 13.8 Å². The highest BCUT2D eigenvalue weighted by Crippen LogP contribution is 2.39. The number of carbonyl (C=O) groups excluding carboxylic acids is 2. The molecule has 0 radical (unpaired) electrons. The Hall–Kier alpha value is -3.53. The molecule has 2 atom stereocenters. The molecule has 38 heavy (non-hydrogen) atoms. The second-order valence-corrected chi connectivity index (χ2v) is 11.3. The minimum absolute atomic E-state index is 0.246. The van der Waals surface area contributed by atoms with Crippen LogP contribution in [0.3, 0.4) is 0 Å². The third-order valence-electron chi connectivity index (χ3n) is 7.62. The van der Waals surface area contributed by atoms with Gasteiger partial charge in [-0.3, -0.25) is 9.59 Å². The summed E-state index contributed by atoms with van der Waals surface area (Å²) in [4.78, 5) is 39.5. The molecule has 0 unspecified atom stereocenters. The number of aliphatic hydroxyl groups is 1. The van der Waals surface area contributed by atoms with Crippen molar-refractivity contribution in [3.8, 4) is 17.0 Å². The lowest BCUT2D eigenvalue weighted by Gasteiger charge is -2.26. The zero-order chi connectivity index (χ0) is 27.4. The highest BCUT2D eigenvalue weighted by molar-refractivity contribution is 6.09. The van der Waals surface area contributed by atoms with E-state index in [1.54, 1.807) is 30.9 Å². The number of carbonyl (C=O) groups is 2. The molecular weight excluding hydrogens is 489 g/mol. The number of aromatic nitrogens is 3. The van der Waals surface area contributed by atoms with Crippen LogP contribution in [0.1, 0.15) is 55.2 Å². The molecule has 1 aliphatic carbocycles. The molecule has 2 aliphatic rings. The zero-order valence-electron chi connectivity index (χ0n) is 22.4. The van der Waals surface area contributed by atoms with Gasteiger partial charge in [0.05, 0.1) is 29.3 Å². The van der Waals surface area contributed by atoms with Crippen LogP contribution in [-0.2, 0) is 4.79 Å². The lowest BCUT2D eigenvalue weighted by Crippen LogP contribution is -2.44. The highest BCUT2D eigenvalue weighted by atomic mass is 19.1. The number of amides is 2. The van der Waals surface area contributed by atoms with Crippen molar-refractivity contribution in [3.63, 3.8) is 0 Å². The summed E-state index contributed by atoms with van der Waals surface area (Å²) in [6.45, 7) is 10.1. The van der Waals surface area contributed by atoms with Gasteiger partial charge >= 0.3 is 0 Å². The fraction of sp³-hybridized carbons (Fsp3) is 0.500. The lowest BCUT2D eigenvalue weighted by molar-refractivity contribution is -0.138. The topological polar surface area (TPSA) is 120 Å². The molecule has 9 nitrogen and oxygen atoms in total. The summed E-state index contributed by atoms with van der Waals surface area (Å²) in [6, 6.07) is 3.11. The number of ether oxygens (including phenoxy) is 1. The van der Waals surface area contributed by atoms with Crippen molar-refractivity contribution in [1.82, 2.24) is 25.2 Å². The molecule has 2 amide bonds. The Labute approximate surface area is 220 Å². The molecule has 3 aromatic rings. The number of likely N-dealkylation sites (tertiary alicyclic amines) is 1. The van der Waals surface area contributed by atoms with Gasteiger partial charge in [0.15, 0.2) is 0 Å². The van der Waals surface area contributed by atoms with Gasteiger partial charge in [0, 0.05) is 24.2 Å². The monoisotopic (exact) mass is 523 g/mol. The number of aromatic amines is 1. The Balaban J connectivity index is 1.49. The largest absolute Gasteiger partial charge is 0.492 e. The van der Waals surface area contributed by atoms with Gasteiger partial charge in [-0.1, -0.05) is 19.9 Å². The van der Waals surface area contributed by atoms with Crippen molar-refractivity contribution in [1.29, 1.82) is 0 Å². The minimum atomic E-state index is -1.11. The van der Waals surface area contributed by atoms with E-state index in [0.29, 0.717) is 64.9 Å². The highest BCUT2D eigenvalue weighted by Gasteiger charge is 2.43. The second kappa shape index (κ2) is 9.65. The second-order valence-electron chi connectivity index (χ2n) is 11.3. The summed E-state index contributed by atoms with van der Waals surface area (Å²) in [7, 11) is 0. The van der Waals surface area contributed by atoms with Crippen LogP contribution in [-0.4, -0.2) is 68.6 Å². The first-order valence-corrected chi connectivity index (χ1v) is 13.0. The van der Waals surface area contributed by atoms with Gasteiger partial charge < -0.3 is 25.0 Å². The maximum absolute atomic E-state index is 15.5. The van der Waals surface area contributed by atoms with Gasteiger partial charge in [0.1, 0.15) is 35.2 Å². The molecule has 2 aromatic heterocycles. The SMILES string of the molecule is Cc1ccc(OCC2CC2)c(-c2ncnc3c(C(=O)N[C@@H]4CN(C(=O)[C@H](C)O)CC4(C)C)c(C)[nH]c23)c1F. The Kier molecular flexibility index (Phi) is 6.63. The molecule has 2 fully saturated rings. The molecule has 3 heterocycles. The molecule has 1 saturated heterocycles. The van der Waals surface area contributed by atoms with E-state index in [4.69, 9.17) is 4.74 Å². The number of H-pyrrole nitrogens is 1. The number of hydrogen-bond donors (Lipinski definition) is 3. The third-order valence-corrected chi connectivity index (χ3v) is 7.62. The van der Waals surface area contributed by atoms with Crippen molar-refractivity contribution in [2.75, 3.05) is 19.7 Å². The van der Waals surface area contributed by atoms with E-state index in [0.717, 1.165) is 12.8 Å². The predicted octanol–water partition coefficient (Wildman–Crippen LogP) is 3.52. The molecular formula is C28H34FN5O4. The zero-order valence-corrected chi connectivity index (χ0v) is 22.4. The van der Waals surface area contributed by atoms with Crippen LogP contribution < -0.4 is 10.1 Å². The molecule has 3 N–H and O–H groups in total. The quantitative estimate of drug-likeness (QED) is 0.436. The molecule has 0 spiro atoms. The number of hydrogen-bond acceptors (Lipinski definition) is 6. The number of nitrogens with zero attached hydrogens (tertiary/aromatic N) is 3. The first-order chi connectivity index (χ1) is 18.0. The predicted molar refractivity (Wildman–Crippen MR) is 140 cm³/mol. The van der Waals surface area contributed by atoms with Gasteiger partial charge in [-0.25, -0.2) is 14.4 Å². The maximum atomic E-state index is 15.5. The standard InChI is InChI=1S/C28H34FN5O4/c1-14-6-9-18(38-11-17-7-8-17)21(22(14)29)24-25-23(30-13-31-24)20(15(2)32-25)26(36)33-19-10-34(12-28(19,4)5)27(37)16(3)35/h6,9,13,16-17,19,32,35H,7-8,10-12H2,1-5H3,(H,33,36)/t16-,19+/m0/s1. The van der Waals surface area contributed by atoms with E-state index in [1.165, 1.54) is 13.3 Å². The average molecular weight is 524 g/mol. The number of halogens is 1. The van der Waals surface area contributed by atoms with Gasteiger partial charge in [-0.05, 0) is 51.2 Å². The van der Waals surface area contributed by atoms with Crippen LogP contribution in [0.15, 0.2) is 18.5 Å². The average Bonchev–Trinajstić information content (AvgIpc) is 3.55. The fourth-order valence-corrected chi connectivity index (χ4v) is 5.12. The van der Waals surface area contributed by atoms with Gasteiger partial charge in [-0.2, -0.15) is 0 Å². The summed E-state index contributed by atoms with van der Waals surface area (Å²) < 4.78 is 21.5. The molecule has 202 valence electrons. The number of aliphatic hydroxyl groups excluding tert-OH is 1. The van der Waals surface area contributed by atoms with Crippen LogP contribution in [0.2, 0.25) is 0 Å². The van der Waals surface area contributed by atoms with Crippen LogP contribution in [0, 0.1) is 31.0 Å². The molecule has 1 aromatic carbocycles. The van der Waals surface area contributed by atoms with E-state index in [9.17, 15) is 14.7 Å². The van der Waals surface area contributed by atoms with Gasteiger partial charge in [-0.15, -0.1) is 0 Å². The number of aryl methyl sites for hydroxylation is 2. The van der Waals surface area contributed by atoms with Gasteiger partial charge in [0.2, 0.25) is 0 Å². The molecule has 1 saturated carbocycles. The Morgan fingerprint density at radius 3 is 2.71 bits per heavy atom. The number of fused-ring (bicyclic) bond motifs is 1. The summed E-state index contributed by atoms with van der Waals surface area (Å²) >= 11 is 0. The van der Waals surface area contributed by atoms with E-state index < -0.39 is 17.3 Å². The Morgan fingerprint density at radius 2 is 2.03 bits per heavy atom. The van der Waals surface area contributed by atoms with Gasteiger partial charge in [0.25, 0.3) is 11.8 Å². The lowest BCUT2D eigenvalue weighted by atomic mass is 9.87. The fourth-order valence-electron chi connectivity index (χ4n) is 5.12. The smallest absolute Gasteiger partial charge is 0.255 e. The molecule has 5 rings (SSSR count). The summed E-state index contributed by atoms with van der Waals surface area (Å²) in [5, 5.41) is 12.8. The molecule has 10 heteroatoms. The van der Waals surface area contributed by atoms with Crippen LogP contribution >= 0.6 is 0 Å². The van der Waals surface area contributed by atoms with E-state index in [2.05, 4.69) is 20.3 Å².